The Morgan fingerprint density at radius 2 is 1.74 bits per heavy atom. The summed E-state index contributed by atoms with van der Waals surface area (Å²) in [5.41, 5.74) is 7.39. The zero-order valence-electron chi connectivity index (χ0n) is 22.8. The summed E-state index contributed by atoms with van der Waals surface area (Å²) in [5, 5.41) is 20.9. The molecule has 0 spiro atoms. The van der Waals surface area contributed by atoms with Crippen molar-refractivity contribution in [3.05, 3.63) is 80.9 Å². The fourth-order valence-corrected chi connectivity index (χ4v) is 7.00. The number of fused-ring (bicyclic) bond motifs is 4. The first-order chi connectivity index (χ1) is 18.2. The van der Waals surface area contributed by atoms with E-state index < -0.39 is 13.0 Å². The molecule has 2 aromatic carbocycles. The van der Waals surface area contributed by atoms with E-state index in [1.165, 1.54) is 11.1 Å². The highest BCUT2D eigenvalue weighted by Crippen LogP contribution is 2.51. The number of phenolic OH excluding ortho intramolecular Hbond substituents is 1. The first kappa shape index (κ1) is 26.6. The molecule has 198 valence electrons. The maximum absolute atomic E-state index is 13.8. The molecule has 2 aliphatic carbocycles. The topological polar surface area (TPSA) is 83.8 Å². The summed E-state index contributed by atoms with van der Waals surface area (Å²) in [7, 11) is -0.956. The van der Waals surface area contributed by atoms with Gasteiger partial charge in [0.2, 0.25) is 0 Å². The first-order valence-corrected chi connectivity index (χ1v) is 13.9. The van der Waals surface area contributed by atoms with Crippen molar-refractivity contribution in [3.8, 4) is 5.75 Å². The lowest BCUT2D eigenvalue weighted by Crippen LogP contribution is -2.50. The molecule has 1 saturated heterocycles. The second-order valence-electron chi connectivity index (χ2n) is 11.4. The van der Waals surface area contributed by atoms with Gasteiger partial charge in [0, 0.05) is 23.0 Å². The van der Waals surface area contributed by atoms with Crippen molar-refractivity contribution in [1.82, 2.24) is 0 Å². The lowest BCUT2D eigenvalue weighted by Gasteiger charge is -2.47. The number of ketones is 2. The number of carbonyl (C=O) groups is 2. The van der Waals surface area contributed by atoms with Crippen LogP contribution in [-0.4, -0.2) is 34.9 Å². The smallest absolute Gasteiger partial charge is 0.455 e. The number of phenols is 1. The number of rotatable bonds is 6. The number of hydrogen-bond donors (Lipinski definition) is 2. The molecule has 38 heavy (non-hydrogen) atoms. The second-order valence-corrected chi connectivity index (χ2v) is 11.4. The van der Waals surface area contributed by atoms with E-state index in [0.29, 0.717) is 36.0 Å². The van der Waals surface area contributed by atoms with Gasteiger partial charge in [-0.2, -0.15) is 0 Å². The predicted octanol–water partition coefficient (Wildman–Crippen LogP) is 6.50. The van der Waals surface area contributed by atoms with E-state index in [1.54, 1.807) is 12.1 Å². The molecule has 5 rings (SSSR count). The van der Waals surface area contributed by atoms with Gasteiger partial charge in [-0.05, 0) is 93.1 Å². The lowest BCUT2D eigenvalue weighted by molar-refractivity contribution is 0.0598. The monoisotopic (exact) mass is 512 g/mol. The normalized spacial score (nSPS) is 25.3. The van der Waals surface area contributed by atoms with Gasteiger partial charge in [0.1, 0.15) is 5.75 Å². The highest BCUT2D eigenvalue weighted by atomic mass is 16.5. The second kappa shape index (κ2) is 10.7. The van der Waals surface area contributed by atoms with Crippen molar-refractivity contribution < 1.29 is 24.4 Å². The van der Waals surface area contributed by atoms with Crippen LogP contribution in [0.2, 0.25) is 6.32 Å². The standard InChI is InChI=1S/C32H37BO5/c1-5-8-22-16-25-29(32(36)24-10-7-6-9-23(24)31(25)35)26-17-33(37)38-27(28(22)26)12-11-18(2)13-21-14-19(3)30(34)20(4)15-21/h6-7,9-10,13-15,25-27,29,34,37H,5,8,11-12,16-17H2,1-4H3/b18-13+/t25-,26+,27-,29-/m1/s1. The third-order valence-electron chi connectivity index (χ3n) is 8.64. The molecular weight excluding hydrogens is 475 g/mol. The number of Topliss-reactive ketones (excluding diaryl/α,β-unsaturated/α-hetero) is 2. The van der Waals surface area contributed by atoms with Gasteiger partial charge in [-0.1, -0.05) is 54.8 Å². The molecule has 2 N–H and O–H groups in total. The Labute approximate surface area is 225 Å². The Morgan fingerprint density at radius 3 is 2.39 bits per heavy atom. The van der Waals surface area contributed by atoms with Gasteiger partial charge in [0.25, 0.3) is 0 Å². The van der Waals surface area contributed by atoms with Crippen LogP contribution in [0.1, 0.15) is 83.4 Å². The predicted molar refractivity (Wildman–Crippen MR) is 150 cm³/mol. The zero-order valence-corrected chi connectivity index (χ0v) is 22.8. The average molecular weight is 512 g/mol. The Hall–Kier alpha value is -2.96. The van der Waals surface area contributed by atoms with E-state index >= 15 is 0 Å². The molecular formula is C32H37BO5. The minimum absolute atomic E-state index is 0.0326. The van der Waals surface area contributed by atoms with Crippen LogP contribution < -0.4 is 0 Å². The highest BCUT2D eigenvalue weighted by Gasteiger charge is 2.53. The largest absolute Gasteiger partial charge is 0.507 e. The van der Waals surface area contributed by atoms with Crippen LogP contribution >= 0.6 is 0 Å². The molecule has 1 fully saturated rings. The van der Waals surface area contributed by atoms with Crippen LogP contribution in [0.5, 0.6) is 5.75 Å². The number of carbonyl (C=O) groups excluding carboxylic acids is 2. The molecule has 4 atom stereocenters. The molecule has 0 bridgehead atoms. The first-order valence-electron chi connectivity index (χ1n) is 13.9. The Bertz CT molecular complexity index is 1320. The van der Waals surface area contributed by atoms with Gasteiger partial charge in [-0.25, -0.2) is 0 Å². The van der Waals surface area contributed by atoms with Gasteiger partial charge in [0.15, 0.2) is 11.6 Å². The van der Waals surface area contributed by atoms with E-state index in [-0.39, 0.29) is 29.5 Å². The lowest BCUT2D eigenvalue weighted by atomic mass is 9.54. The Morgan fingerprint density at radius 1 is 1.08 bits per heavy atom. The molecule has 5 nitrogen and oxygen atoms in total. The van der Waals surface area contributed by atoms with E-state index in [2.05, 4.69) is 19.9 Å². The molecule has 2 aromatic rings. The van der Waals surface area contributed by atoms with Gasteiger partial charge in [-0.3, -0.25) is 9.59 Å². The summed E-state index contributed by atoms with van der Waals surface area (Å²) in [6.07, 6.45) is 6.10. The maximum atomic E-state index is 13.8. The van der Waals surface area contributed by atoms with Crippen LogP contribution in [0.4, 0.5) is 0 Å². The van der Waals surface area contributed by atoms with Crippen molar-refractivity contribution in [2.24, 2.45) is 17.8 Å². The number of aromatic hydroxyl groups is 1. The van der Waals surface area contributed by atoms with Gasteiger partial charge in [-0.15, -0.1) is 0 Å². The number of benzene rings is 2. The summed E-state index contributed by atoms with van der Waals surface area (Å²) in [4.78, 5) is 27.3. The molecule has 0 aromatic heterocycles. The molecule has 0 saturated carbocycles. The molecule has 0 unspecified atom stereocenters. The van der Waals surface area contributed by atoms with Crippen LogP contribution in [0.3, 0.4) is 0 Å². The SMILES string of the molecule is CCCC1=C2[C@@H](CC/C(C)=C/c3cc(C)c(O)c(C)c3)OB(O)C[C@@H]2[C@@H]2C(=O)c3ccccc3C(=O)[C@@H]2C1. The molecule has 1 aliphatic heterocycles. The third-order valence-corrected chi connectivity index (χ3v) is 8.64. The minimum Gasteiger partial charge on any atom is -0.507 e. The van der Waals surface area contributed by atoms with Crippen molar-refractivity contribution in [2.45, 2.75) is 72.2 Å². The van der Waals surface area contributed by atoms with Crippen LogP contribution in [0, 0.1) is 31.6 Å². The third kappa shape index (κ3) is 4.80. The van der Waals surface area contributed by atoms with Crippen LogP contribution in [-0.2, 0) is 4.65 Å². The van der Waals surface area contributed by atoms with Crippen LogP contribution in [0.25, 0.3) is 6.08 Å². The Balaban J connectivity index is 1.45. The summed E-state index contributed by atoms with van der Waals surface area (Å²) >= 11 is 0. The number of allylic oxidation sites excluding steroid dienone is 2. The molecule has 3 aliphatic rings. The molecule has 6 heteroatoms. The van der Waals surface area contributed by atoms with Crippen molar-refractivity contribution in [1.29, 1.82) is 0 Å². The summed E-state index contributed by atoms with van der Waals surface area (Å²) in [6, 6.07) is 11.2. The number of aryl methyl sites for hydroxylation is 2. The fraction of sp³-hybridized carbons (Fsp3) is 0.438. The van der Waals surface area contributed by atoms with Crippen LogP contribution in [0.15, 0.2) is 53.1 Å². The van der Waals surface area contributed by atoms with Crippen molar-refractivity contribution >= 4 is 24.8 Å². The zero-order chi connectivity index (χ0) is 27.1. The highest BCUT2D eigenvalue weighted by molar-refractivity contribution is 6.43. The maximum Gasteiger partial charge on any atom is 0.455 e. The fourth-order valence-electron chi connectivity index (χ4n) is 7.00. The Kier molecular flexibility index (Phi) is 7.48. The molecule has 0 amide bonds. The quantitative estimate of drug-likeness (QED) is 0.341. The van der Waals surface area contributed by atoms with E-state index in [9.17, 15) is 19.7 Å². The summed E-state index contributed by atoms with van der Waals surface area (Å²) in [6.45, 7) is 8.03. The van der Waals surface area contributed by atoms with Crippen molar-refractivity contribution in [2.75, 3.05) is 0 Å². The summed E-state index contributed by atoms with van der Waals surface area (Å²) < 4.78 is 6.14. The van der Waals surface area contributed by atoms with E-state index in [4.69, 9.17) is 4.65 Å². The minimum atomic E-state index is -0.956. The summed E-state index contributed by atoms with van der Waals surface area (Å²) in [5.74, 6) is -0.547. The molecule has 0 radical (unpaired) electrons. The van der Waals surface area contributed by atoms with Gasteiger partial charge >= 0.3 is 7.12 Å². The van der Waals surface area contributed by atoms with Crippen molar-refractivity contribution in [3.63, 3.8) is 0 Å². The van der Waals surface area contributed by atoms with E-state index in [0.717, 1.165) is 41.5 Å². The van der Waals surface area contributed by atoms with E-state index in [1.807, 2.05) is 38.1 Å². The number of hydrogen-bond acceptors (Lipinski definition) is 5. The van der Waals surface area contributed by atoms with Gasteiger partial charge < -0.3 is 14.8 Å². The average Bonchev–Trinajstić information content (AvgIpc) is 2.88. The van der Waals surface area contributed by atoms with Gasteiger partial charge in [0.05, 0.1) is 6.10 Å². The molecule has 1 heterocycles.